The molecule has 0 bridgehead atoms. The van der Waals surface area contributed by atoms with E-state index in [1.165, 1.54) is 11.3 Å². The number of carbonyl (C=O) groups excluding carboxylic acids is 2. The van der Waals surface area contributed by atoms with Gasteiger partial charge < -0.3 is 10.2 Å². The van der Waals surface area contributed by atoms with Crippen molar-refractivity contribution in [3.8, 4) is 0 Å². The molecular formula is C24H31Cl2N3O2S. The molecule has 8 heteroatoms. The summed E-state index contributed by atoms with van der Waals surface area (Å²) in [7, 11) is 0. The van der Waals surface area contributed by atoms with Crippen LogP contribution in [0.15, 0.2) is 24.5 Å². The lowest BCUT2D eigenvalue weighted by Gasteiger charge is -2.37. The number of aromatic nitrogens is 1. The third-order valence-corrected chi connectivity index (χ3v) is 9.15. The molecule has 1 aliphatic carbocycles. The van der Waals surface area contributed by atoms with Crippen molar-refractivity contribution in [2.75, 3.05) is 19.6 Å². The average Bonchev–Trinajstić information content (AvgIpc) is 3.25. The van der Waals surface area contributed by atoms with E-state index in [1.807, 2.05) is 17.0 Å². The molecule has 4 rings (SSSR count). The largest absolute Gasteiger partial charge is 0.351 e. The summed E-state index contributed by atoms with van der Waals surface area (Å²) in [5.41, 5.74) is 0. The number of nitrogens with one attached hydrogen (secondary N) is 1. The highest BCUT2D eigenvalue weighted by Gasteiger charge is 2.38. The standard InChI is InChI=1S/C24H31Cl2N3O2S/c25-19-6-3-5-18(22(19)26)24(31)29-12-8-16(9-13-29)4-1-2-10-28-23(30)20-14-17-7-11-27-15-21(17)32-20/h7,11,14-16,18-19,22H,1-6,8-10,12-13H2,(H,28,30). The Labute approximate surface area is 203 Å². The fraction of sp³-hybridized carbons (Fsp3) is 0.625. The maximum Gasteiger partial charge on any atom is 0.261 e. The fourth-order valence-electron chi connectivity index (χ4n) is 4.88. The highest BCUT2D eigenvalue weighted by atomic mass is 35.5. The number of rotatable bonds is 7. The summed E-state index contributed by atoms with van der Waals surface area (Å²) in [6.07, 6.45) is 11.6. The molecule has 5 nitrogen and oxygen atoms in total. The zero-order chi connectivity index (χ0) is 22.5. The topological polar surface area (TPSA) is 62.3 Å². The van der Waals surface area contributed by atoms with Gasteiger partial charge in [0.05, 0.1) is 26.2 Å². The molecule has 2 fully saturated rings. The number of unbranched alkanes of at least 4 members (excludes halogenated alkanes) is 1. The molecule has 32 heavy (non-hydrogen) atoms. The Kier molecular flexibility index (Phi) is 8.30. The van der Waals surface area contributed by atoms with Crippen LogP contribution in [0, 0.1) is 11.8 Å². The first-order valence-corrected chi connectivity index (χ1v) is 13.4. The molecule has 3 unspecified atom stereocenters. The number of piperidine rings is 1. The SMILES string of the molecule is O=C(NCCCCC1CCN(C(=O)C2CCCC(Cl)C2Cl)CC1)c1cc2ccncc2s1. The van der Waals surface area contributed by atoms with Gasteiger partial charge in [-0.2, -0.15) is 0 Å². The minimum atomic E-state index is -0.241. The number of hydrogen-bond donors (Lipinski definition) is 1. The number of likely N-dealkylation sites (tertiary alicyclic amines) is 1. The first-order valence-electron chi connectivity index (χ1n) is 11.7. The van der Waals surface area contributed by atoms with Crippen LogP contribution in [0.3, 0.4) is 0 Å². The van der Waals surface area contributed by atoms with Gasteiger partial charge in [-0.3, -0.25) is 14.6 Å². The second-order valence-corrected chi connectivity index (χ2v) is 11.2. The van der Waals surface area contributed by atoms with E-state index in [-0.39, 0.29) is 28.5 Å². The van der Waals surface area contributed by atoms with E-state index in [0.29, 0.717) is 12.5 Å². The summed E-state index contributed by atoms with van der Waals surface area (Å²) >= 11 is 14.2. The average molecular weight is 497 g/mol. The number of amides is 2. The Morgan fingerprint density at radius 2 is 1.97 bits per heavy atom. The second kappa shape index (κ2) is 11.2. The van der Waals surface area contributed by atoms with Crippen molar-refractivity contribution in [2.24, 2.45) is 11.8 Å². The predicted octanol–water partition coefficient (Wildman–Crippen LogP) is 5.45. The summed E-state index contributed by atoms with van der Waals surface area (Å²) in [4.78, 5) is 32.1. The summed E-state index contributed by atoms with van der Waals surface area (Å²) < 4.78 is 1.04. The first-order chi connectivity index (χ1) is 15.5. The quantitative estimate of drug-likeness (QED) is 0.410. The lowest BCUT2D eigenvalue weighted by Crippen LogP contribution is -2.46. The van der Waals surface area contributed by atoms with Crippen LogP contribution in [0.5, 0.6) is 0 Å². The van der Waals surface area contributed by atoms with Crippen molar-refractivity contribution in [1.82, 2.24) is 15.2 Å². The maximum atomic E-state index is 12.9. The van der Waals surface area contributed by atoms with E-state index in [2.05, 4.69) is 10.3 Å². The molecule has 3 atom stereocenters. The van der Waals surface area contributed by atoms with Crippen LogP contribution in [0.25, 0.3) is 10.1 Å². The molecule has 174 valence electrons. The number of hydrogen-bond acceptors (Lipinski definition) is 4. The van der Waals surface area contributed by atoms with Gasteiger partial charge in [0.15, 0.2) is 0 Å². The van der Waals surface area contributed by atoms with Crippen molar-refractivity contribution < 1.29 is 9.59 Å². The monoisotopic (exact) mass is 495 g/mol. The molecule has 1 N–H and O–H groups in total. The molecule has 2 aromatic heterocycles. The molecule has 0 aromatic carbocycles. The normalized spacial score (nSPS) is 24.6. The molecule has 0 radical (unpaired) electrons. The van der Waals surface area contributed by atoms with Gasteiger partial charge in [-0.15, -0.1) is 34.5 Å². The van der Waals surface area contributed by atoms with E-state index >= 15 is 0 Å². The Bertz CT molecular complexity index is 896. The van der Waals surface area contributed by atoms with Gasteiger partial charge in [-0.25, -0.2) is 0 Å². The van der Waals surface area contributed by atoms with Gasteiger partial charge in [0.2, 0.25) is 5.91 Å². The van der Waals surface area contributed by atoms with Crippen molar-refractivity contribution in [3.05, 3.63) is 29.4 Å². The summed E-state index contributed by atoms with van der Waals surface area (Å²) in [6, 6.07) is 3.86. The van der Waals surface area contributed by atoms with Crippen LogP contribution in [-0.2, 0) is 4.79 Å². The predicted molar refractivity (Wildman–Crippen MR) is 132 cm³/mol. The number of pyridine rings is 1. The lowest BCUT2D eigenvalue weighted by molar-refractivity contribution is -0.137. The number of halogens is 2. The summed E-state index contributed by atoms with van der Waals surface area (Å²) in [5, 5.41) is 3.77. The minimum Gasteiger partial charge on any atom is -0.351 e. The van der Waals surface area contributed by atoms with Gasteiger partial charge in [0.25, 0.3) is 5.91 Å². The van der Waals surface area contributed by atoms with Gasteiger partial charge >= 0.3 is 0 Å². The van der Waals surface area contributed by atoms with Crippen molar-refractivity contribution in [1.29, 1.82) is 0 Å². The number of nitrogens with zero attached hydrogens (tertiary/aromatic N) is 2. The van der Waals surface area contributed by atoms with Crippen LogP contribution in [0.2, 0.25) is 0 Å². The maximum absolute atomic E-state index is 12.9. The van der Waals surface area contributed by atoms with Crippen molar-refractivity contribution in [2.45, 2.75) is 62.1 Å². The summed E-state index contributed by atoms with van der Waals surface area (Å²) in [5.74, 6) is 0.736. The highest BCUT2D eigenvalue weighted by molar-refractivity contribution is 7.20. The van der Waals surface area contributed by atoms with E-state index in [4.69, 9.17) is 23.2 Å². The van der Waals surface area contributed by atoms with Gasteiger partial charge in [-0.1, -0.05) is 19.3 Å². The molecule has 1 saturated heterocycles. The second-order valence-electron chi connectivity index (χ2n) is 9.04. The van der Waals surface area contributed by atoms with Crippen LogP contribution in [0.1, 0.15) is 61.0 Å². The Morgan fingerprint density at radius 1 is 1.16 bits per heavy atom. The van der Waals surface area contributed by atoms with Gasteiger partial charge in [0, 0.05) is 32.0 Å². The molecule has 2 amide bonds. The van der Waals surface area contributed by atoms with Crippen LogP contribution in [-0.4, -0.2) is 52.1 Å². The summed E-state index contributed by atoms with van der Waals surface area (Å²) in [6.45, 7) is 2.35. The fourth-order valence-corrected chi connectivity index (χ4v) is 6.52. The number of thiophene rings is 1. The van der Waals surface area contributed by atoms with E-state index < -0.39 is 0 Å². The van der Waals surface area contributed by atoms with E-state index in [0.717, 1.165) is 79.4 Å². The molecule has 2 aliphatic rings. The van der Waals surface area contributed by atoms with Crippen LogP contribution >= 0.6 is 34.5 Å². The van der Waals surface area contributed by atoms with Crippen molar-refractivity contribution in [3.63, 3.8) is 0 Å². The number of alkyl halides is 2. The molecule has 3 heterocycles. The zero-order valence-electron chi connectivity index (χ0n) is 18.3. The van der Waals surface area contributed by atoms with E-state index in [9.17, 15) is 9.59 Å². The zero-order valence-corrected chi connectivity index (χ0v) is 20.6. The Morgan fingerprint density at radius 3 is 2.75 bits per heavy atom. The van der Waals surface area contributed by atoms with Crippen LogP contribution in [0.4, 0.5) is 0 Å². The first kappa shape index (κ1) is 23.8. The third-order valence-electron chi connectivity index (χ3n) is 6.84. The number of fused-ring (bicyclic) bond motifs is 1. The Balaban J connectivity index is 1.12. The number of carbonyl (C=O) groups is 2. The highest BCUT2D eigenvalue weighted by Crippen LogP contribution is 2.34. The van der Waals surface area contributed by atoms with Crippen molar-refractivity contribution >= 4 is 56.4 Å². The lowest BCUT2D eigenvalue weighted by atomic mass is 9.85. The van der Waals surface area contributed by atoms with E-state index in [1.54, 1.807) is 12.4 Å². The van der Waals surface area contributed by atoms with Gasteiger partial charge in [0.1, 0.15) is 0 Å². The third kappa shape index (κ3) is 5.75. The van der Waals surface area contributed by atoms with Gasteiger partial charge in [-0.05, 0) is 55.5 Å². The molecular weight excluding hydrogens is 465 g/mol. The Hall–Kier alpha value is -1.37. The molecule has 1 saturated carbocycles. The molecule has 0 spiro atoms. The minimum absolute atomic E-state index is 0.00230. The molecule has 2 aromatic rings. The van der Waals surface area contributed by atoms with Crippen LogP contribution < -0.4 is 5.32 Å². The molecule has 1 aliphatic heterocycles. The smallest absolute Gasteiger partial charge is 0.261 e.